The zero-order chi connectivity index (χ0) is 25.9. The molecule has 3 fully saturated rings. The summed E-state index contributed by atoms with van der Waals surface area (Å²) in [6.07, 6.45) is 0.306. The standard InChI is InChI=1S/C22H27F3O4S.C2H4O2/c1-11-6-13-14-8-16(24)15-7-12(26)4-5-19(15,2)21(14,25)17(27)9-20(13,3)22(11,29)18(28)30-10-23;1-2(3)4/h4-5,7,11,13-14,16-17,27,29H,6,8-10H2,1-3H3;1H3,(H,3,4)/t11-,13+,14+,16+,17+,19+,20+,21+,22+;/m1./s1. The van der Waals surface area contributed by atoms with Gasteiger partial charge in [0.05, 0.1) is 6.10 Å². The van der Waals surface area contributed by atoms with Crippen LogP contribution in [-0.2, 0) is 14.4 Å². The van der Waals surface area contributed by atoms with Gasteiger partial charge in [-0.05, 0) is 55.7 Å². The van der Waals surface area contributed by atoms with Crippen molar-refractivity contribution in [3.8, 4) is 0 Å². The average Bonchev–Trinajstić information content (AvgIpc) is 2.93. The Kier molecular flexibility index (Phi) is 6.96. The second kappa shape index (κ2) is 8.78. The predicted octanol–water partition coefficient (Wildman–Crippen LogP) is 3.56. The summed E-state index contributed by atoms with van der Waals surface area (Å²) in [4.78, 5) is 33.6. The van der Waals surface area contributed by atoms with E-state index in [-0.39, 0.29) is 24.8 Å². The Hall–Kier alpha value is -1.65. The Morgan fingerprint density at radius 1 is 1.24 bits per heavy atom. The maximum atomic E-state index is 16.9. The van der Waals surface area contributed by atoms with Crippen molar-refractivity contribution in [2.75, 3.05) is 6.01 Å². The van der Waals surface area contributed by atoms with Crippen molar-refractivity contribution in [3.63, 3.8) is 0 Å². The highest BCUT2D eigenvalue weighted by atomic mass is 32.2. The molecule has 10 heteroatoms. The molecule has 0 radical (unpaired) electrons. The number of rotatable bonds is 2. The van der Waals surface area contributed by atoms with Crippen molar-refractivity contribution < 1.29 is 42.9 Å². The molecule has 0 amide bonds. The van der Waals surface area contributed by atoms with Crippen molar-refractivity contribution in [3.05, 3.63) is 23.8 Å². The number of hydrogen-bond acceptors (Lipinski definition) is 6. The third-order valence-electron chi connectivity index (χ3n) is 8.71. The molecule has 0 heterocycles. The summed E-state index contributed by atoms with van der Waals surface area (Å²) < 4.78 is 45.1. The first-order valence-corrected chi connectivity index (χ1v) is 12.2. The van der Waals surface area contributed by atoms with E-state index in [4.69, 9.17) is 9.90 Å². The summed E-state index contributed by atoms with van der Waals surface area (Å²) in [5.74, 6) is -3.40. The predicted molar refractivity (Wildman–Crippen MR) is 120 cm³/mol. The Bertz CT molecular complexity index is 951. The van der Waals surface area contributed by atoms with E-state index in [1.165, 1.54) is 19.1 Å². The minimum Gasteiger partial charge on any atom is -0.481 e. The van der Waals surface area contributed by atoms with E-state index in [1.807, 2.05) is 0 Å². The lowest BCUT2D eigenvalue weighted by Crippen LogP contribution is -2.70. The number of hydrogen-bond donors (Lipinski definition) is 3. The molecule has 4 aliphatic carbocycles. The lowest BCUT2D eigenvalue weighted by Gasteiger charge is -2.63. The van der Waals surface area contributed by atoms with Crippen molar-refractivity contribution >= 4 is 28.6 Å². The molecule has 190 valence electrons. The van der Waals surface area contributed by atoms with Crippen molar-refractivity contribution in [2.45, 2.75) is 70.5 Å². The highest BCUT2D eigenvalue weighted by Gasteiger charge is 2.76. The number of carboxylic acid groups (broad SMARTS) is 1. The van der Waals surface area contributed by atoms with E-state index in [2.05, 4.69) is 0 Å². The van der Waals surface area contributed by atoms with Gasteiger partial charge in [0, 0.05) is 23.7 Å². The molecular formula is C24H31F3O6S. The molecule has 4 aliphatic rings. The summed E-state index contributed by atoms with van der Waals surface area (Å²) in [6.45, 7) is 5.87. The molecule has 9 atom stereocenters. The Morgan fingerprint density at radius 3 is 2.38 bits per heavy atom. The summed E-state index contributed by atoms with van der Waals surface area (Å²) in [6, 6.07) is -0.995. The van der Waals surface area contributed by atoms with Crippen LogP contribution in [0.3, 0.4) is 0 Å². The zero-order valence-electron chi connectivity index (χ0n) is 19.6. The number of aliphatic hydroxyl groups excluding tert-OH is 1. The van der Waals surface area contributed by atoms with E-state index in [9.17, 15) is 24.2 Å². The molecule has 0 bridgehead atoms. The molecule has 0 aromatic heterocycles. The molecule has 34 heavy (non-hydrogen) atoms. The van der Waals surface area contributed by atoms with E-state index in [1.54, 1.807) is 13.8 Å². The second-order valence-electron chi connectivity index (χ2n) is 10.3. The van der Waals surface area contributed by atoms with Gasteiger partial charge in [0.25, 0.3) is 5.97 Å². The number of carbonyl (C=O) groups is 3. The highest BCUT2D eigenvalue weighted by molar-refractivity contribution is 8.13. The van der Waals surface area contributed by atoms with E-state index >= 15 is 8.78 Å². The number of aliphatic hydroxyl groups is 2. The number of ketones is 1. The molecule has 0 spiro atoms. The largest absolute Gasteiger partial charge is 0.481 e. The molecule has 0 saturated heterocycles. The van der Waals surface area contributed by atoms with Gasteiger partial charge < -0.3 is 15.3 Å². The second-order valence-corrected chi connectivity index (χ2v) is 11.2. The summed E-state index contributed by atoms with van der Waals surface area (Å²) in [5, 5.41) is 29.3. The van der Waals surface area contributed by atoms with Gasteiger partial charge in [0.1, 0.15) is 17.8 Å². The minimum atomic E-state index is -2.26. The molecule has 0 unspecified atom stereocenters. The monoisotopic (exact) mass is 504 g/mol. The van der Waals surface area contributed by atoms with Crippen molar-refractivity contribution in [1.29, 1.82) is 0 Å². The molecule has 6 nitrogen and oxygen atoms in total. The first kappa shape index (κ1) is 26.9. The number of aliphatic carboxylic acids is 1. The molecule has 0 aromatic carbocycles. The van der Waals surface area contributed by atoms with Gasteiger partial charge in [0.15, 0.2) is 11.5 Å². The number of carbonyl (C=O) groups excluding carboxylic acids is 2. The van der Waals surface area contributed by atoms with Crippen LogP contribution in [0.1, 0.15) is 47.0 Å². The van der Waals surface area contributed by atoms with Crippen LogP contribution in [0, 0.1) is 28.6 Å². The summed E-state index contributed by atoms with van der Waals surface area (Å²) in [7, 11) is 0. The van der Waals surface area contributed by atoms with Gasteiger partial charge in [-0.1, -0.05) is 31.7 Å². The fourth-order valence-electron chi connectivity index (χ4n) is 7.13. The van der Waals surface area contributed by atoms with E-state index in [0.717, 1.165) is 13.0 Å². The maximum absolute atomic E-state index is 16.9. The number of alkyl halides is 3. The molecule has 3 N–H and O–H groups in total. The van der Waals surface area contributed by atoms with Crippen molar-refractivity contribution in [1.82, 2.24) is 0 Å². The normalized spacial score (nSPS) is 46.9. The quantitative estimate of drug-likeness (QED) is 0.527. The number of carboxylic acids is 1. The van der Waals surface area contributed by atoms with Gasteiger partial charge in [0.2, 0.25) is 5.12 Å². The van der Waals surface area contributed by atoms with Crippen LogP contribution in [0.2, 0.25) is 0 Å². The van der Waals surface area contributed by atoms with Crippen LogP contribution in [-0.4, -0.2) is 61.7 Å². The van der Waals surface area contributed by atoms with Crippen LogP contribution in [0.15, 0.2) is 23.8 Å². The molecule has 0 aliphatic heterocycles. The van der Waals surface area contributed by atoms with Gasteiger partial charge >= 0.3 is 0 Å². The molecular weight excluding hydrogens is 473 g/mol. The minimum absolute atomic E-state index is 0.0294. The number of fused-ring (bicyclic) bond motifs is 5. The van der Waals surface area contributed by atoms with Gasteiger partial charge in [-0.25, -0.2) is 13.2 Å². The number of allylic oxidation sites excluding steroid dienone is 4. The van der Waals surface area contributed by atoms with Gasteiger partial charge in [-0.15, -0.1) is 0 Å². The Morgan fingerprint density at radius 2 is 1.82 bits per heavy atom. The fourth-order valence-corrected chi connectivity index (χ4v) is 7.89. The fraction of sp³-hybridized carbons (Fsp3) is 0.708. The smallest absolute Gasteiger partial charge is 0.300 e. The first-order valence-electron chi connectivity index (χ1n) is 11.2. The van der Waals surface area contributed by atoms with Gasteiger partial charge in [-0.3, -0.25) is 14.4 Å². The van der Waals surface area contributed by atoms with Crippen molar-refractivity contribution in [2.24, 2.45) is 28.6 Å². The summed E-state index contributed by atoms with van der Waals surface area (Å²) >= 11 is 0.371. The van der Waals surface area contributed by atoms with Gasteiger partial charge in [-0.2, -0.15) is 0 Å². The third kappa shape index (κ3) is 3.51. The maximum Gasteiger partial charge on any atom is 0.300 e. The van der Waals surface area contributed by atoms with Crippen LogP contribution in [0.25, 0.3) is 0 Å². The van der Waals surface area contributed by atoms with E-state index < -0.39 is 75.0 Å². The first-order chi connectivity index (χ1) is 15.6. The Balaban J connectivity index is 0.000000751. The number of thioether (sulfide) groups is 1. The molecule has 4 rings (SSSR count). The molecule has 3 saturated carbocycles. The average molecular weight is 505 g/mol. The zero-order valence-corrected chi connectivity index (χ0v) is 20.4. The summed E-state index contributed by atoms with van der Waals surface area (Å²) in [5.41, 5.74) is -6.91. The third-order valence-corrected chi connectivity index (χ3v) is 9.39. The highest BCUT2D eigenvalue weighted by Crippen LogP contribution is 2.71. The lowest BCUT2D eigenvalue weighted by molar-refractivity contribution is -0.221. The lowest BCUT2D eigenvalue weighted by atomic mass is 9.44. The topological polar surface area (TPSA) is 112 Å². The van der Waals surface area contributed by atoms with Crippen LogP contribution in [0.5, 0.6) is 0 Å². The SMILES string of the molecule is CC(=O)O.C[C@@H]1C[C@H]2[C@@H]3C[C@H](F)C4=CC(=O)C=C[C@]4(C)[C@@]3(F)[C@@H](O)C[C@]2(C)[C@@]1(O)C(=O)SCF. The van der Waals surface area contributed by atoms with Crippen LogP contribution >= 0.6 is 11.8 Å². The van der Waals surface area contributed by atoms with E-state index in [0.29, 0.717) is 11.8 Å². The Labute approximate surface area is 200 Å². The van der Waals surface area contributed by atoms with Crippen LogP contribution < -0.4 is 0 Å². The molecule has 0 aromatic rings. The number of halogens is 3. The van der Waals surface area contributed by atoms with Crippen LogP contribution in [0.4, 0.5) is 13.2 Å².